The highest BCUT2D eigenvalue weighted by molar-refractivity contribution is 7.13. The summed E-state index contributed by atoms with van der Waals surface area (Å²) in [5, 5.41) is 13.0. The monoisotopic (exact) mass is 466 g/mol. The number of hydrogen-bond donors (Lipinski definition) is 3. The third kappa shape index (κ3) is 5.63. The molecule has 1 saturated heterocycles. The number of hydrogen-bond acceptors (Lipinski definition) is 6. The second kappa shape index (κ2) is 10.5. The van der Waals surface area contributed by atoms with Crippen molar-refractivity contribution in [3.05, 3.63) is 41.0 Å². The lowest BCUT2D eigenvalue weighted by Gasteiger charge is -2.28. The summed E-state index contributed by atoms with van der Waals surface area (Å²) < 4.78 is 0. The summed E-state index contributed by atoms with van der Waals surface area (Å²) in [4.78, 5) is 32.4. The van der Waals surface area contributed by atoms with Crippen molar-refractivity contribution in [1.82, 2.24) is 15.2 Å². The van der Waals surface area contributed by atoms with Crippen LogP contribution in [0.25, 0.3) is 10.4 Å². The quantitative estimate of drug-likeness (QED) is 0.606. The van der Waals surface area contributed by atoms with Crippen LogP contribution in [0.4, 0.5) is 0 Å². The van der Waals surface area contributed by atoms with Crippen molar-refractivity contribution in [2.24, 2.45) is 11.7 Å². The maximum absolute atomic E-state index is 12.9. The zero-order valence-electron chi connectivity index (χ0n) is 18.2. The highest BCUT2D eigenvalue weighted by Crippen LogP contribution is 2.28. The van der Waals surface area contributed by atoms with E-state index >= 15 is 0 Å². The fraction of sp³-hybridized carbons (Fsp3) is 0.500. The summed E-state index contributed by atoms with van der Waals surface area (Å²) in [7, 11) is 0. The molecule has 1 aliphatic heterocycles. The molecular formula is C22H31ClN4O3S. The number of likely N-dealkylation sites (tertiary alicyclic amines) is 1. The maximum atomic E-state index is 12.9. The van der Waals surface area contributed by atoms with Gasteiger partial charge in [0, 0.05) is 13.0 Å². The minimum absolute atomic E-state index is 0. The second-order valence-corrected chi connectivity index (χ2v) is 9.14. The highest BCUT2D eigenvalue weighted by atomic mass is 35.5. The predicted octanol–water partition coefficient (Wildman–Crippen LogP) is 2.66. The number of rotatable bonds is 6. The van der Waals surface area contributed by atoms with Gasteiger partial charge in [0.05, 0.1) is 34.3 Å². The van der Waals surface area contributed by atoms with E-state index in [4.69, 9.17) is 5.73 Å². The Morgan fingerprint density at radius 1 is 1.26 bits per heavy atom. The van der Waals surface area contributed by atoms with E-state index in [2.05, 4.69) is 10.3 Å². The van der Waals surface area contributed by atoms with Gasteiger partial charge < -0.3 is 21.1 Å². The summed E-state index contributed by atoms with van der Waals surface area (Å²) in [5.41, 5.74) is 10.9. The molecule has 1 aliphatic rings. The molecule has 0 saturated carbocycles. The van der Waals surface area contributed by atoms with Crippen LogP contribution in [0.3, 0.4) is 0 Å². The molecule has 2 heterocycles. The number of thiazole rings is 1. The van der Waals surface area contributed by atoms with Crippen LogP contribution in [0.15, 0.2) is 29.8 Å². The number of amides is 2. The molecule has 1 aromatic carbocycles. The molecule has 0 radical (unpaired) electrons. The van der Waals surface area contributed by atoms with Gasteiger partial charge in [0.2, 0.25) is 11.8 Å². The lowest BCUT2D eigenvalue weighted by molar-refractivity contribution is -0.140. The molecule has 2 amide bonds. The number of carbonyl (C=O) groups is 2. The minimum Gasteiger partial charge on any atom is -0.391 e. The molecule has 170 valence electrons. The summed E-state index contributed by atoms with van der Waals surface area (Å²) in [5.74, 6) is -0.608. The Balaban J connectivity index is 0.00000341. The fourth-order valence-electron chi connectivity index (χ4n) is 3.68. The lowest BCUT2D eigenvalue weighted by atomic mass is 10.0. The van der Waals surface area contributed by atoms with Crippen LogP contribution in [0.1, 0.15) is 44.5 Å². The average Bonchev–Trinajstić information content (AvgIpc) is 3.32. The first kappa shape index (κ1) is 25.3. The molecule has 31 heavy (non-hydrogen) atoms. The molecule has 3 rings (SSSR count). The van der Waals surface area contributed by atoms with Crippen LogP contribution in [0, 0.1) is 12.8 Å². The molecule has 4 atom stereocenters. The third-order valence-corrected chi connectivity index (χ3v) is 6.62. The number of aromatic nitrogens is 1. The normalized spacial score (nSPS) is 20.3. The molecule has 0 bridgehead atoms. The first-order chi connectivity index (χ1) is 14.2. The van der Waals surface area contributed by atoms with Gasteiger partial charge in [0.25, 0.3) is 0 Å². The van der Waals surface area contributed by atoms with Crippen LogP contribution < -0.4 is 11.1 Å². The van der Waals surface area contributed by atoms with Crippen molar-refractivity contribution in [1.29, 1.82) is 0 Å². The number of aliphatic hydroxyl groups excluding tert-OH is 1. The van der Waals surface area contributed by atoms with E-state index in [0.29, 0.717) is 0 Å². The van der Waals surface area contributed by atoms with Gasteiger partial charge >= 0.3 is 0 Å². The molecule has 9 heteroatoms. The fourth-order valence-corrected chi connectivity index (χ4v) is 4.49. The van der Waals surface area contributed by atoms with E-state index in [9.17, 15) is 14.7 Å². The first-order valence-electron chi connectivity index (χ1n) is 10.2. The van der Waals surface area contributed by atoms with Crippen molar-refractivity contribution in [2.45, 2.75) is 58.3 Å². The summed E-state index contributed by atoms with van der Waals surface area (Å²) in [6, 6.07) is 6.39. The smallest absolute Gasteiger partial charge is 0.243 e. The van der Waals surface area contributed by atoms with E-state index < -0.39 is 18.2 Å². The number of nitrogens with zero attached hydrogens (tertiary/aromatic N) is 2. The van der Waals surface area contributed by atoms with Crippen LogP contribution in [0.2, 0.25) is 0 Å². The van der Waals surface area contributed by atoms with Crippen molar-refractivity contribution in [3.8, 4) is 10.4 Å². The first-order valence-corrected chi connectivity index (χ1v) is 11.1. The van der Waals surface area contributed by atoms with Gasteiger partial charge in [-0.05, 0) is 30.9 Å². The van der Waals surface area contributed by atoms with E-state index in [1.807, 2.05) is 57.5 Å². The summed E-state index contributed by atoms with van der Waals surface area (Å²) in [6.07, 6.45) is -0.500. The van der Waals surface area contributed by atoms with E-state index in [0.717, 1.165) is 21.7 Å². The molecule has 4 N–H and O–H groups in total. The number of β-amino-alcohol motifs (C(OH)–C–C–N with tert-alkyl or cyclic N) is 1. The SMILES string of the molecule is Cc1ncsc1-c1ccc(C(C)NC(=O)[C@@H]2C[C@@H](O)CN2C(=O)C(N)C(C)C)cc1.Cl. The Morgan fingerprint density at radius 2 is 1.90 bits per heavy atom. The van der Waals surface area contributed by atoms with Crippen LogP contribution >= 0.6 is 23.7 Å². The Kier molecular flexibility index (Phi) is 8.59. The van der Waals surface area contributed by atoms with Crippen molar-refractivity contribution < 1.29 is 14.7 Å². The molecule has 1 aromatic heterocycles. The number of aliphatic hydroxyl groups is 1. The second-order valence-electron chi connectivity index (χ2n) is 8.28. The van der Waals surface area contributed by atoms with Gasteiger partial charge in [0.1, 0.15) is 6.04 Å². The zero-order chi connectivity index (χ0) is 22.0. The maximum Gasteiger partial charge on any atom is 0.243 e. The molecule has 2 unspecified atom stereocenters. The van der Waals surface area contributed by atoms with E-state index in [1.165, 1.54) is 4.90 Å². The number of nitrogens with two attached hydrogens (primary N) is 1. The third-order valence-electron chi connectivity index (χ3n) is 5.65. The van der Waals surface area contributed by atoms with Gasteiger partial charge in [-0.1, -0.05) is 38.1 Å². The van der Waals surface area contributed by atoms with Crippen molar-refractivity contribution >= 4 is 35.6 Å². The van der Waals surface area contributed by atoms with Crippen LogP contribution in [-0.2, 0) is 9.59 Å². The lowest BCUT2D eigenvalue weighted by Crippen LogP contribution is -2.52. The largest absolute Gasteiger partial charge is 0.391 e. The molecule has 7 nitrogen and oxygen atoms in total. The standard InChI is InChI=1S/C22H30N4O3S.ClH/c1-12(2)19(23)22(29)26-10-17(27)9-18(26)21(28)25-13(3)15-5-7-16(8-6-15)20-14(4)24-11-30-20;/h5-8,11-13,17-19,27H,9-10,23H2,1-4H3,(H,25,28);1H/t13?,17-,18+,19?;/m1./s1. The van der Waals surface area contributed by atoms with Crippen LogP contribution in [-0.4, -0.2) is 51.5 Å². The van der Waals surface area contributed by atoms with Crippen molar-refractivity contribution in [2.75, 3.05) is 6.54 Å². The number of halogens is 1. The number of nitrogens with one attached hydrogen (secondary N) is 1. The minimum atomic E-state index is -0.721. The Labute approximate surface area is 193 Å². The number of aryl methyl sites for hydroxylation is 1. The van der Waals surface area contributed by atoms with Gasteiger partial charge in [-0.2, -0.15) is 0 Å². The van der Waals surface area contributed by atoms with Gasteiger partial charge in [-0.15, -0.1) is 23.7 Å². The van der Waals surface area contributed by atoms with Gasteiger partial charge in [-0.25, -0.2) is 4.98 Å². The molecule has 0 aliphatic carbocycles. The van der Waals surface area contributed by atoms with E-state index in [1.54, 1.807) is 11.3 Å². The predicted molar refractivity (Wildman–Crippen MR) is 125 cm³/mol. The highest BCUT2D eigenvalue weighted by Gasteiger charge is 2.41. The molecule has 0 spiro atoms. The van der Waals surface area contributed by atoms with Crippen molar-refractivity contribution in [3.63, 3.8) is 0 Å². The molecular weight excluding hydrogens is 436 g/mol. The molecule has 1 fully saturated rings. The Morgan fingerprint density at radius 3 is 2.45 bits per heavy atom. The zero-order valence-corrected chi connectivity index (χ0v) is 19.9. The molecule has 2 aromatic rings. The van der Waals surface area contributed by atoms with Gasteiger partial charge in [-0.3, -0.25) is 9.59 Å². The Bertz CT molecular complexity index is 902. The summed E-state index contributed by atoms with van der Waals surface area (Å²) in [6.45, 7) is 7.75. The number of carbonyl (C=O) groups excluding carboxylic acids is 2. The Hall–Kier alpha value is -2.00. The summed E-state index contributed by atoms with van der Waals surface area (Å²) >= 11 is 1.60. The topological polar surface area (TPSA) is 109 Å². The average molecular weight is 467 g/mol. The van der Waals surface area contributed by atoms with E-state index in [-0.39, 0.29) is 49.1 Å². The van der Waals surface area contributed by atoms with Gasteiger partial charge in [0.15, 0.2) is 0 Å². The van der Waals surface area contributed by atoms with Crippen LogP contribution in [0.5, 0.6) is 0 Å². The number of benzene rings is 1.